The molecule has 2 atom stereocenters. The maximum absolute atomic E-state index is 12.6. The number of rotatable bonds is 5. The van der Waals surface area contributed by atoms with Crippen LogP contribution in [0.5, 0.6) is 17.6 Å². The molecule has 5 rings (SSSR count). The van der Waals surface area contributed by atoms with Crippen LogP contribution in [-0.4, -0.2) is 43.1 Å². The fourth-order valence-corrected chi connectivity index (χ4v) is 4.04. The molecule has 0 spiro atoms. The summed E-state index contributed by atoms with van der Waals surface area (Å²) < 4.78 is 15.9. The van der Waals surface area contributed by atoms with Crippen LogP contribution < -0.4 is 14.8 Å². The average Bonchev–Trinajstić information content (AvgIpc) is 3.13. The molecule has 3 aliphatic heterocycles. The van der Waals surface area contributed by atoms with Gasteiger partial charge in [-0.15, -0.1) is 0 Å². The number of hydrogen-bond donors (Lipinski definition) is 1. The van der Waals surface area contributed by atoms with Crippen LogP contribution >= 0.6 is 0 Å². The maximum Gasteiger partial charge on any atom is 0.292 e. The number of ether oxygens (including phenoxy) is 2. The van der Waals surface area contributed by atoms with Crippen LogP contribution in [0.4, 0.5) is 0 Å². The number of furan rings is 1. The molecule has 0 saturated carbocycles. The lowest BCUT2D eigenvalue weighted by Gasteiger charge is -2.49. The minimum atomic E-state index is -0.0261. The molecule has 1 N–H and O–H groups in total. The predicted molar refractivity (Wildman–Crippen MR) is 96.8 cm³/mol. The maximum atomic E-state index is 12.6. The van der Waals surface area contributed by atoms with Crippen molar-refractivity contribution < 1.29 is 18.7 Å². The van der Waals surface area contributed by atoms with Gasteiger partial charge in [0.15, 0.2) is 0 Å². The molecule has 0 unspecified atom stereocenters. The summed E-state index contributed by atoms with van der Waals surface area (Å²) in [5.74, 6) is 1.91. The van der Waals surface area contributed by atoms with Crippen molar-refractivity contribution in [3.8, 4) is 17.6 Å². The van der Waals surface area contributed by atoms with Crippen LogP contribution in [0.2, 0.25) is 0 Å². The summed E-state index contributed by atoms with van der Waals surface area (Å²) in [7, 11) is 1.53. The van der Waals surface area contributed by atoms with Crippen molar-refractivity contribution >= 4 is 5.91 Å². The predicted octanol–water partition coefficient (Wildman–Crippen LogP) is 3.29. The Labute approximate surface area is 153 Å². The normalized spacial score (nSPS) is 27.2. The van der Waals surface area contributed by atoms with Gasteiger partial charge in [0, 0.05) is 29.8 Å². The van der Waals surface area contributed by atoms with Crippen molar-refractivity contribution in [2.24, 2.45) is 5.92 Å². The molecule has 3 aliphatic rings. The number of carbonyl (C=O) groups excluding carboxylic acids is 1. The van der Waals surface area contributed by atoms with E-state index in [4.69, 9.17) is 13.9 Å². The number of hydrogen-bond acceptors (Lipinski definition) is 5. The van der Waals surface area contributed by atoms with E-state index in [0.29, 0.717) is 35.2 Å². The standard InChI is InChI=1S/C20H24N2O4/c1-13-19(14-9-11-22(13)12-10-14)21-20(23)15-3-5-16(6-4-15)25-18-8-7-17(24-2)26-18/h3-8,13-14,19H,9-12H2,1-2H3,(H,21,23)/t13-,19-/m0/s1. The van der Waals surface area contributed by atoms with E-state index in [-0.39, 0.29) is 11.9 Å². The van der Waals surface area contributed by atoms with Gasteiger partial charge in [-0.05, 0) is 63.0 Å². The Hall–Kier alpha value is -2.47. The summed E-state index contributed by atoms with van der Waals surface area (Å²) in [5.41, 5.74) is 0.637. The highest BCUT2D eigenvalue weighted by molar-refractivity contribution is 5.94. The molecule has 1 aromatic heterocycles. The summed E-state index contributed by atoms with van der Waals surface area (Å²) in [4.78, 5) is 15.1. The number of fused-ring (bicyclic) bond motifs is 3. The molecule has 0 aliphatic carbocycles. The Morgan fingerprint density at radius 1 is 1.12 bits per heavy atom. The third-order valence-electron chi connectivity index (χ3n) is 5.57. The van der Waals surface area contributed by atoms with Gasteiger partial charge in [0.25, 0.3) is 17.8 Å². The van der Waals surface area contributed by atoms with Gasteiger partial charge in [-0.25, -0.2) is 0 Å². The first-order valence-corrected chi connectivity index (χ1v) is 9.10. The molecule has 6 nitrogen and oxygen atoms in total. The van der Waals surface area contributed by atoms with E-state index in [9.17, 15) is 4.79 Å². The SMILES string of the molecule is COc1ccc(Oc2ccc(C(=O)N[C@@H]3C4CCN(CC4)[C@H]3C)cc2)o1. The first-order chi connectivity index (χ1) is 12.6. The second-order valence-corrected chi connectivity index (χ2v) is 7.02. The second kappa shape index (κ2) is 7.03. The summed E-state index contributed by atoms with van der Waals surface area (Å²) in [6.45, 7) is 4.52. The fraction of sp³-hybridized carbons (Fsp3) is 0.450. The van der Waals surface area contributed by atoms with Gasteiger partial charge in [-0.3, -0.25) is 9.69 Å². The smallest absolute Gasteiger partial charge is 0.292 e. The number of amides is 1. The van der Waals surface area contributed by atoms with Crippen LogP contribution in [0.15, 0.2) is 40.8 Å². The van der Waals surface area contributed by atoms with Gasteiger partial charge < -0.3 is 19.2 Å². The molecule has 4 heterocycles. The molecule has 1 aromatic carbocycles. The molecular weight excluding hydrogens is 332 g/mol. The number of benzene rings is 1. The van der Waals surface area contributed by atoms with Gasteiger partial charge in [0.05, 0.1) is 7.11 Å². The lowest BCUT2D eigenvalue weighted by Crippen LogP contribution is -2.62. The first-order valence-electron chi connectivity index (χ1n) is 9.10. The van der Waals surface area contributed by atoms with E-state index >= 15 is 0 Å². The van der Waals surface area contributed by atoms with Gasteiger partial charge in [0.1, 0.15) is 5.75 Å². The summed E-state index contributed by atoms with van der Waals surface area (Å²) >= 11 is 0. The highest BCUT2D eigenvalue weighted by Gasteiger charge is 2.40. The van der Waals surface area contributed by atoms with Crippen molar-refractivity contribution in [2.45, 2.75) is 31.8 Å². The molecule has 26 heavy (non-hydrogen) atoms. The van der Waals surface area contributed by atoms with E-state index in [1.165, 1.54) is 20.0 Å². The van der Waals surface area contributed by atoms with E-state index in [0.717, 1.165) is 13.1 Å². The number of nitrogens with zero attached hydrogens (tertiary/aromatic N) is 1. The third-order valence-corrected chi connectivity index (χ3v) is 5.57. The van der Waals surface area contributed by atoms with E-state index in [1.54, 1.807) is 36.4 Å². The lowest BCUT2D eigenvalue weighted by atomic mass is 9.79. The van der Waals surface area contributed by atoms with Crippen molar-refractivity contribution in [1.82, 2.24) is 10.2 Å². The number of methoxy groups -OCH3 is 1. The number of carbonyl (C=O) groups is 1. The summed E-state index contributed by atoms with van der Waals surface area (Å²) in [5, 5.41) is 3.24. The molecule has 3 saturated heterocycles. The number of nitrogens with one attached hydrogen (secondary N) is 1. The second-order valence-electron chi connectivity index (χ2n) is 7.02. The Morgan fingerprint density at radius 3 is 2.42 bits per heavy atom. The van der Waals surface area contributed by atoms with Crippen molar-refractivity contribution in [3.63, 3.8) is 0 Å². The molecule has 6 heteroatoms. The molecule has 2 bridgehead atoms. The fourth-order valence-electron chi connectivity index (χ4n) is 4.04. The molecular formula is C20H24N2O4. The van der Waals surface area contributed by atoms with Crippen LogP contribution in [0, 0.1) is 5.92 Å². The molecule has 0 radical (unpaired) electrons. The number of piperidine rings is 3. The molecule has 3 fully saturated rings. The van der Waals surface area contributed by atoms with Gasteiger partial charge >= 0.3 is 0 Å². The Morgan fingerprint density at radius 2 is 1.81 bits per heavy atom. The topological polar surface area (TPSA) is 63.9 Å². The third kappa shape index (κ3) is 3.29. The zero-order valence-electron chi connectivity index (χ0n) is 15.1. The Balaban J connectivity index is 1.39. The van der Waals surface area contributed by atoms with Crippen LogP contribution in [0.3, 0.4) is 0 Å². The lowest BCUT2D eigenvalue weighted by molar-refractivity contribution is 0.0217. The molecule has 1 amide bonds. The van der Waals surface area contributed by atoms with Crippen LogP contribution in [-0.2, 0) is 0 Å². The van der Waals surface area contributed by atoms with E-state index < -0.39 is 0 Å². The van der Waals surface area contributed by atoms with Crippen molar-refractivity contribution in [1.29, 1.82) is 0 Å². The van der Waals surface area contributed by atoms with Gasteiger partial charge in [-0.2, -0.15) is 0 Å². The van der Waals surface area contributed by atoms with Crippen LogP contribution in [0.25, 0.3) is 0 Å². The first kappa shape index (κ1) is 17.0. The van der Waals surface area contributed by atoms with Crippen LogP contribution in [0.1, 0.15) is 30.1 Å². The quantitative estimate of drug-likeness (QED) is 0.891. The minimum absolute atomic E-state index is 0.0261. The summed E-state index contributed by atoms with van der Waals surface area (Å²) in [6, 6.07) is 11.1. The van der Waals surface area contributed by atoms with Gasteiger partial charge in [0.2, 0.25) is 0 Å². The Bertz CT molecular complexity index is 760. The molecule has 138 valence electrons. The highest BCUT2D eigenvalue weighted by Crippen LogP contribution is 2.32. The van der Waals surface area contributed by atoms with Gasteiger partial charge in [-0.1, -0.05) is 0 Å². The van der Waals surface area contributed by atoms with E-state index in [1.807, 2.05) is 0 Å². The molecule has 2 aromatic rings. The van der Waals surface area contributed by atoms with Crippen molar-refractivity contribution in [3.05, 3.63) is 42.0 Å². The zero-order valence-corrected chi connectivity index (χ0v) is 15.1. The van der Waals surface area contributed by atoms with E-state index in [2.05, 4.69) is 17.1 Å². The average molecular weight is 356 g/mol. The monoisotopic (exact) mass is 356 g/mol. The minimum Gasteiger partial charge on any atom is -0.468 e. The highest BCUT2D eigenvalue weighted by atomic mass is 16.6. The Kier molecular flexibility index (Phi) is 4.59. The van der Waals surface area contributed by atoms with Crippen molar-refractivity contribution in [2.75, 3.05) is 20.2 Å². The zero-order chi connectivity index (χ0) is 18.1. The largest absolute Gasteiger partial charge is 0.468 e. The summed E-state index contributed by atoms with van der Waals surface area (Å²) in [6.07, 6.45) is 2.35.